The zero-order chi connectivity index (χ0) is 11.4. The molecular weight excluding hydrogens is 198 g/mol. The number of nitrogens with two attached hydrogens (primary N) is 1. The Kier molecular flexibility index (Phi) is 3.99. The molecule has 1 heterocycles. The summed E-state index contributed by atoms with van der Waals surface area (Å²) in [5.41, 5.74) is 8.49. The average Bonchev–Trinajstić information content (AvgIpc) is 2.53. The Labute approximate surface area is 98.0 Å². The molecule has 2 N–H and O–H groups in total. The molecule has 0 unspecified atom stereocenters. The van der Waals surface area contributed by atoms with Crippen LogP contribution in [0.2, 0.25) is 0 Å². The van der Waals surface area contributed by atoms with Crippen LogP contribution in [-0.4, -0.2) is 16.3 Å². The molecular formula is C13H23N3. The molecule has 1 saturated carbocycles. The van der Waals surface area contributed by atoms with E-state index in [2.05, 4.69) is 16.8 Å². The van der Waals surface area contributed by atoms with E-state index < -0.39 is 0 Å². The third kappa shape index (κ3) is 2.46. The lowest BCUT2D eigenvalue weighted by Crippen LogP contribution is -2.10. The first-order valence-corrected chi connectivity index (χ1v) is 6.53. The minimum Gasteiger partial charge on any atom is -0.330 e. The van der Waals surface area contributed by atoms with Gasteiger partial charge in [0.25, 0.3) is 0 Å². The fourth-order valence-corrected chi connectivity index (χ4v) is 2.92. The summed E-state index contributed by atoms with van der Waals surface area (Å²) in [6.45, 7) is 0.728. The Morgan fingerprint density at radius 3 is 2.62 bits per heavy atom. The van der Waals surface area contributed by atoms with Crippen molar-refractivity contribution in [2.75, 3.05) is 6.54 Å². The molecule has 90 valence electrons. The molecule has 0 spiro atoms. The van der Waals surface area contributed by atoms with Gasteiger partial charge in [-0.2, -0.15) is 5.10 Å². The van der Waals surface area contributed by atoms with E-state index in [1.54, 1.807) is 0 Å². The van der Waals surface area contributed by atoms with Gasteiger partial charge < -0.3 is 5.73 Å². The first-order chi connectivity index (χ1) is 7.83. The maximum atomic E-state index is 5.66. The van der Waals surface area contributed by atoms with Gasteiger partial charge in [0.05, 0.1) is 6.20 Å². The molecule has 1 aromatic rings. The van der Waals surface area contributed by atoms with E-state index >= 15 is 0 Å². The van der Waals surface area contributed by atoms with E-state index in [-0.39, 0.29) is 0 Å². The molecule has 3 heteroatoms. The predicted octanol–water partition coefficient (Wildman–Crippen LogP) is 2.36. The van der Waals surface area contributed by atoms with Crippen molar-refractivity contribution in [1.82, 2.24) is 9.78 Å². The van der Waals surface area contributed by atoms with Crippen LogP contribution in [-0.2, 0) is 13.5 Å². The van der Waals surface area contributed by atoms with Crippen LogP contribution in [0.25, 0.3) is 0 Å². The van der Waals surface area contributed by atoms with Gasteiger partial charge in [0.15, 0.2) is 0 Å². The Morgan fingerprint density at radius 2 is 2.00 bits per heavy atom. The molecule has 16 heavy (non-hydrogen) atoms. The highest BCUT2D eigenvalue weighted by molar-refractivity contribution is 5.22. The summed E-state index contributed by atoms with van der Waals surface area (Å²) in [5.74, 6) is 0.719. The second kappa shape index (κ2) is 5.48. The zero-order valence-electron chi connectivity index (χ0n) is 10.3. The van der Waals surface area contributed by atoms with Crippen molar-refractivity contribution < 1.29 is 0 Å². The first kappa shape index (κ1) is 11.6. The van der Waals surface area contributed by atoms with E-state index in [4.69, 9.17) is 5.73 Å². The summed E-state index contributed by atoms with van der Waals surface area (Å²) in [4.78, 5) is 0. The standard InChI is InChI=1S/C13H23N3/c1-16-13(12(8-9-14)10-15-16)11-6-4-2-3-5-7-11/h10-11H,2-9,14H2,1H3. The van der Waals surface area contributed by atoms with Crippen molar-refractivity contribution in [2.45, 2.75) is 50.9 Å². The lowest BCUT2D eigenvalue weighted by molar-refractivity contribution is 0.537. The van der Waals surface area contributed by atoms with Crippen LogP contribution in [0.5, 0.6) is 0 Å². The second-order valence-electron chi connectivity index (χ2n) is 4.91. The van der Waals surface area contributed by atoms with Gasteiger partial charge in [-0.1, -0.05) is 25.7 Å². The summed E-state index contributed by atoms with van der Waals surface area (Å²) in [7, 11) is 2.07. The van der Waals surface area contributed by atoms with Crippen molar-refractivity contribution >= 4 is 0 Å². The fraction of sp³-hybridized carbons (Fsp3) is 0.769. The lowest BCUT2D eigenvalue weighted by atomic mass is 9.93. The molecule has 0 saturated heterocycles. The minimum absolute atomic E-state index is 0.719. The molecule has 0 atom stereocenters. The highest BCUT2D eigenvalue weighted by Gasteiger charge is 2.20. The zero-order valence-corrected chi connectivity index (χ0v) is 10.3. The Balaban J connectivity index is 2.19. The van der Waals surface area contributed by atoms with Crippen LogP contribution in [0.3, 0.4) is 0 Å². The highest BCUT2D eigenvalue weighted by Crippen LogP contribution is 2.33. The average molecular weight is 221 g/mol. The van der Waals surface area contributed by atoms with Crippen LogP contribution in [0.4, 0.5) is 0 Å². The molecule has 0 radical (unpaired) electrons. The smallest absolute Gasteiger partial charge is 0.0525 e. The fourth-order valence-electron chi connectivity index (χ4n) is 2.92. The summed E-state index contributed by atoms with van der Waals surface area (Å²) < 4.78 is 2.07. The van der Waals surface area contributed by atoms with Crippen molar-refractivity contribution in [3.8, 4) is 0 Å². The van der Waals surface area contributed by atoms with E-state index in [0.717, 1.165) is 18.9 Å². The number of nitrogens with zero attached hydrogens (tertiary/aromatic N) is 2. The molecule has 1 fully saturated rings. The molecule has 1 aliphatic rings. The van der Waals surface area contributed by atoms with Gasteiger partial charge in [-0.25, -0.2) is 0 Å². The van der Waals surface area contributed by atoms with Crippen LogP contribution < -0.4 is 5.73 Å². The highest BCUT2D eigenvalue weighted by atomic mass is 15.3. The topological polar surface area (TPSA) is 43.8 Å². The van der Waals surface area contributed by atoms with Gasteiger partial charge in [0.2, 0.25) is 0 Å². The molecule has 3 nitrogen and oxygen atoms in total. The minimum atomic E-state index is 0.719. The first-order valence-electron chi connectivity index (χ1n) is 6.53. The number of aryl methyl sites for hydroxylation is 1. The predicted molar refractivity (Wildman–Crippen MR) is 66.4 cm³/mol. The van der Waals surface area contributed by atoms with Gasteiger partial charge in [-0.05, 0) is 31.4 Å². The largest absolute Gasteiger partial charge is 0.330 e. The second-order valence-corrected chi connectivity index (χ2v) is 4.91. The van der Waals surface area contributed by atoms with Crippen molar-refractivity contribution in [3.05, 3.63) is 17.5 Å². The molecule has 1 aromatic heterocycles. The quantitative estimate of drug-likeness (QED) is 0.796. The van der Waals surface area contributed by atoms with Gasteiger partial charge in [0, 0.05) is 18.7 Å². The third-order valence-corrected chi connectivity index (χ3v) is 3.72. The van der Waals surface area contributed by atoms with Crippen molar-refractivity contribution in [2.24, 2.45) is 12.8 Å². The monoisotopic (exact) mass is 221 g/mol. The molecule has 1 aliphatic carbocycles. The van der Waals surface area contributed by atoms with Crippen LogP contribution in [0.1, 0.15) is 55.7 Å². The summed E-state index contributed by atoms with van der Waals surface area (Å²) >= 11 is 0. The SMILES string of the molecule is Cn1ncc(CCN)c1C1CCCCCC1. The Morgan fingerprint density at radius 1 is 1.31 bits per heavy atom. The van der Waals surface area contributed by atoms with Crippen LogP contribution in [0, 0.1) is 0 Å². The Hall–Kier alpha value is -0.830. The summed E-state index contributed by atoms with van der Waals surface area (Å²) in [5, 5.41) is 4.40. The maximum absolute atomic E-state index is 5.66. The van der Waals surface area contributed by atoms with Gasteiger partial charge in [0.1, 0.15) is 0 Å². The van der Waals surface area contributed by atoms with E-state index in [9.17, 15) is 0 Å². The normalized spacial score (nSPS) is 18.6. The van der Waals surface area contributed by atoms with Crippen molar-refractivity contribution in [1.29, 1.82) is 0 Å². The van der Waals surface area contributed by atoms with E-state index in [1.807, 2.05) is 6.20 Å². The van der Waals surface area contributed by atoms with E-state index in [1.165, 1.54) is 49.8 Å². The molecule has 0 aliphatic heterocycles. The van der Waals surface area contributed by atoms with Crippen LogP contribution >= 0.6 is 0 Å². The third-order valence-electron chi connectivity index (χ3n) is 3.72. The molecule has 2 rings (SSSR count). The Bertz CT molecular complexity index is 322. The molecule has 0 amide bonds. The molecule has 0 bridgehead atoms. The van der Waals surface area contributed by atoms with Gasteiger partial charge in [-0.15, -0.1) is 0 Å². The van der Waals surface area contributed by atoms with Crippen LogP contribution in [0.15, 0.2) is 6.20 Å². The number of hydrogen-bond acceptors (Lipinski definition) is 2. The summed E-state index contributed by atoms with van der Waals surface area (Å²) in [6, 6.07) is 0. The summed E-state index contributed by atoms with van der Waals surface area (Å²) in [6.07, 6.45) is 11.2. The number of aromatic nitrogens is 2. The molecule has 0 aromatic carbocycles. The number of hydrogen-bond donors (Lipinski definition) is 1. The maximum Gasteiger partial charge on any atom is 0.0525 e. The van der Waals surface area contributed by atoms with E-state index in [0.29, 0.717) is 0 Å². The van der Waals surface area contributed by atoms with Gasteiger partial charge >= 0.3 is 0 Å². The lowest BCUT2D eigenvalue weighted by Gasteiger charge is -2.16. The van der Waals surface area contributed by atoms with Crippen molar-refractivity contribution in [3.63, 3.8) is 0 Å². The number of rotatable bonds is 3. The van der Waals surface area contributed by atoms with Gasteiger partial charge in [-0.3, -0.25) is 4.68 Å².